The van der Waals surface area contributed by atoms with E-state index in [0.29, 0.717) is 28.2 Å². The van der Waals surface area contributed by atoms with Crippen molar-refractivity contribution in [3.63, 3.8) is 0 Å². The molecule has 0 radical (unpaired) electrons. The van der Waals surface area contributed by atoms with Crippen LogP contribution in [0.15, 0.2) is 42.5 Å². The fourth-order valence-corrected chi connectivity index (χ4v) is 1.56. The third kappa shape index (κ3) is 4.49. The Balaban J connectivity index is 0. The molecule has 20 heavy (non-hydrogen) atoms. The Kier molecular flexibility index (Phi) is 8.83. The fourth-order valence-electron chi connectivity index (χ4n) is 1.56. The Morgan fingerprint density at radius 3 is 1.90 bits per heavy atom. The van der Waals surface area contributed by atoms with Crippen LogP contribution in [0.5, 0.6) is 0 Å². The van der Waals surface area contributed by atoms with Crippen LogP contribution >= 0.6 is 37.2 Å². The third-order valence-electron chi connectivity index (χ3n) is 2.50. The summed E-state index contributed by atoms with van der Waals surface area (Å²) in [4.78, 5) is 12.1. The number of hydrogen-bond donors (Lipinski definition) is 3. The van der Waals surface area contributed by atoms with Crippen molar-refractivity contribution >= 4 is 60.1 Å². The minimum atomic E-state index is -0.121. The molecule has 2 aromatic rings. The van der Waals surface area contributed by atoms with Crippen LogP contribution in [0.2, 0.25) is 0 Å². The van der Waals surface area contributed by atoms with E-state index in [2.05, 4.69) is 0 Å². The molecule has 0 atom stereocenters. The highest BCUT2D eigenvalue weighted by atomic mass is 35.5. The summed E-state index contributed by atoms with van der Waals surface area (Å²) in [5.41, 5.74) is 19.4. The number of rotatable bonds is 2. The van der Waals surface area contributed by atoms with E-state index in [1.165, 1.54) is 0 Å². The molecule has 0 fully saturated rings. The van der Waals surface area contributed by atoms with Gasteiger partial charge in [-0.2, -0.15) is 0 Å². The summed E-state index contributed by atoms with van der Waals surface area (Å²) in [7, 11) is 0. The van der Waals surface area contributed by atoms with Gasteiger partial charge < -0.3 is 17.2 Å². The van der Waals surface area contributed by atoms with Gasteiger partial charge in [0.1, 0.15) is 0 Å². The van der Waals surface area contributed by atoms with Crippen LogP contribution in [0.3, 0.4) is 0 Å². The quantitative estimate of drug-likeness (QED) is 0.580. The van der Waals surface area contributed by atoms with Gasteiger partial charge in [0.15, 0.2) is 5.78 Å². The lowest BCUT2D eigenvalue weighted by molar-refractivity contribution is 0.103. The number of nitrogen functional groups attached to an aromatic ring is 3. The van der Waals surface area contributed by atoms with Crippen molar-refractivity contribution < 1.29 is 4.79 Å². The van der Waals surface area contributed by atoms with Gasteiger partial charge >= 0.3 is 0 Å². The largest absolute Gasteiger partial charge is 0.399 e. The first-order valence-electron chi connectivity index (χ1n) is 5.13. The lowest BCUT2D eigenvalue weighted by Gasteiger charge is -2.05. The molecule has 0 spiro atoms. The van der Waals surface area contributed by atoms with Gasteiger partial charge in [-0.25, -0.2) is 0 Å². The van der Waals surface area contributed by atoms with Gasteiger partial charge in [-0.15, -0.1) is 37.2 Å². The van der Waals surface area contributed by atoms with Gasteiger partial charge in [0.05, 0.1) is 11.4 Å². The number of ketones is 1. The number of hydrogen-bond acceptors (Lipinski definition) is 4. The van der Waals surface area contributed by atoms with Crippen LogP contribution in [0.4, 0.5) is 17.1 Å². The maximum atomic E-state index is 12.1. The summed E-state index contributed by atoms with van der Waals surface area (Å²) < 4.78 is 0. The minimum Gasteiger partial charge on any atom is -0.399 e. The van der Waals surface area contributed by atoms with Crippen molar-refractivity contribution in [2.24, 2.45) is 0 Å². The standard InChI is InChI=1S/C13H13N3O.3ClH/c14-10-3-1-2-8(6-10)13(17)9-4-5-11(15)12(16)7-9;;;/h1-7H,14-16H2;3*1H. The highest BCUT2D eigenvalue weighted by molar-refractivity contribution is 6.10. The molecule has 6 N–H and O–H groups in total. The predicted octanol–water partition coefficient (Wildman–Crippen LogP) is 2.93. The Labute approximate surface area is 135 Å². The number of anilines is 3. The van der Waals surface area contributed by atoms with Crippen LogP contribution in [-0.2, 0) is 0 Å². The third-order valence-corrected chi connectivity index (χ3v) is 2.50. The molecule has 0 unspecified atom stereocenters. The second kappa shape index (κ2) is 8.53. The number of nitrogens with two attached hydrogens (primary N) is 3. The lowest BCUT2D eigenvalue weighted by Crippen LogP contribution is -2.04. The van der Waals surface area contributed by atoms with E-state index < -0.39 is 0 Å². The predicted molar refractivity (Wildman–Crippen MR) is 91.3 cm³/mol. The second-order valence-corrected chi connectivity index (χ2v) is 3.80. The molecule has 0 saturated heterocycles. The minimum absolute atomic E-state index is 0. The van der Waals surface area contributed by atoms with Gasteiger partial charge in [-0.3, -0.25) is 4.79 Å². The zero-order valence-electron chi connectivity index (χ0n) is 10.4. The van der Waals surface area contributed by atoms with Crippen molar-refractivity contribution in [2.45, 2.75) is 0 Å². The molecule has 7 heteroatoms. The maximum Gasteiger partial charge on any atom is 0.193 e. The molecule has 0 saturated carbocycles. The van der Waals surface area contributed by atoms with Crippen LogP contribution in [0.25, 0.3) is 0 Å². The Morgan fingerprint density at radius 1 is 0.750 bits per heavy atom. The summed E-state index contributed by atoms with van der Waals surface area (Å²) in [6.45, 7) is 0. The molecule has 110 valence electrons. The average molecular weight is 337 g/mol. The molecule has 2 aromatic carbocycles. The topological polar surface area (TPSA) is 95.1 Å². The van der Waals surface area contributed by atoms with E-state index in [1.807, 2.05) is 0 Å². The molecule has 0 bridgehead atoms. The Hall–Kier alpha value is -1.62. The number of carbonyl (C=O) groups excluding carboxylic acids is 1. The van der Waals surface area contributed by atoms with Crippen LogP contribution < -0.4 is 17.2 Å². The van der Waals surface area contributed by atoms with Gasteiger partial charge in [-0.1, -0.05) is 12.1 Å². The van der Waals surface area contributed by atoms with Crippen molar-refractivity contribution in [3.8, 4) is 0 Å². The molecule has 2 rings (SSSR count). The van der Waals surface area contributed by atoms with E-state index in [-0.39, 0.29) is 43.0 Å². The van der Waals surface area contributed by atoms with Gasteiger partial charge in [0.25, 0.3) is 0 Å². The summed E-state index contributed by atoms with van der Waals surface area (Å²) in [6.07, 6.45) is 0. The normalized spacial score (nSPS) is 8.60. The molecule has 0 aliphatic carbocycles. The summed E-state index contributed by atoms with van der Waals surface area (Å²) in [5, 5.41) is 0. The van der Waals surface area contributed by atoms with Gasteiger partial charge in [-0.05, 0) is 30.3 Å². The van der Waals surface area contributed by atoms with Crippen LogP contribution in [0.1, 0.15) is 15.9 Å². The van der Waals surface area contributed by atoms with E-state index in [9.17, 15) is 4.79 Å². The number of halogens is 3. The maximum absolute atomic E-state index is 12.1. The van der Waals surface area contributed by atoms with Crippen molar-refractivity contribution in [2.75, 3.05) is 17.2 Å². The monoisotopic (exact) mass is 335 g/mol. The molecular formula is C13H16Cl3N3O. The van der Waals surface area contributed by atoms with Gasteiger partial charge in [0, 0.05) is 16.8 Å². The zero-order valence-corrected chi connectivity index (χ0v) is 12.9. The van der Waals surface area contributed by atoms with Crippen LogP contribution in [-0.4, -0.2) is 5.78 Å². The van der Waals surface area contributed by atoms with Crippen molar-refractivity contribution in [3.05, 3.63) is 53.6 Å². The first-order chi connectivity index (χ1) is 8.08. The summed E-state index contributed by atoms with van der Waals surface area (Å²) in [5.74, 6) is -0.121. The lowest BCUT2D eigenvalue weighted by atomic mass is 10.0. The van der Waals surface area contributed by atoms with Crippen molar-refractivity contribution in [1.29, 1.82) is 0 Å². The van der Waals surface area contributed by atoms with E-state index >= 15 is 0 Å². The molecular weight excluding hydrogens is 321 g/mol. The first kappa shape index (κ1) is 20.7. The smallest absolute Gasteiger partial charge is 0.193 e. The molecule has 0 aliphatic heterocycles. The SMILES string of the molecule is Cl.Cl.Cl.Nc1cccc(C(=O)c2ccc(N)c(N)c2)c1. The second-order valence-electron chi connectivity index (χ2n) is 3.80. The van der Waals surface area contributed by atoms with E-state index in [4.69, 9.17) is 17.2 Å². The summed E-state index contributed by atoms with van der Waals surface area (Å²) in [6, 6.07) is 11.7. The average Bonchev–Trinajstić information content (AvgIpc) is 2.32. The molecule has 0 aromatic heterocycles. The molecule has 0 amide bonds. The Bertz CT molecular complexity index is 591. The first-order valence-corrected chi connectivity index (χ1v) is 5.13. The van der Waals surface area contributed by atoms with E-state index in [1.54, 1.807) is 42.5 Å². The number of carbonyl (C=O) groups is 1. The highest BCUT2D eigenvalue weighted by Crippen LogP contribution is 2.19. The van der Waals surface area contributed by atoms with Crippen LogP contribution in [0, 0.1) is 0 Å². The molecule has 0 heterocycles. The highest BCUT2D eigenvalue weighted by Gasteiger charge is 2.10. The zero-order chi connectivity index (χ0) is 12.4. The molecule has 0 aliphatic rings. The van der Waals surface area contributed by atoms with E-state index in [0.717, 1.165) is 0 Å². The Morgan fingerprint density at radius 2 is 1.35 bits per heavy atom. The molecule has 4 nitrogen and oxygen atoms in total. The van der Waals surface area contributed by atoms with Crippen molar-refractivity contribution in [1.82, 2.24) is 0 Å². The number of benzene rings is 2. The van der Waals surface area contributed by atoms with Gasteiger partial charge in [0.2, 0.25) is 0 Å². The fraction of sp³-hybridized carbons (Fsp3) is 0. The summed E-state index contributed by atoms with van der Waals surface area (Å²) >= 11 is 0.